The molecule has 1 aromatic rings. The van der Waals surface area contributed by atoms with Crippen LogP contribution in [0.5, 0.6) is 5.75 Å². The number of nitrogens with one attached hydrogen (secondary N) is 2. The van der Waals surface area contributed by atoms with E-state index in [0.29, 0.717) is 18.8 Å². The molecule has 0 saturated carbocycles. The van der Waals surface area contributed by atoms with Gasteiger partial charge in [0, 0.05) is 25.7 Å². The van der Waals surface area contributed by atoms with Crippen LogP contribution >= 0.6 is 12.4 Å². The van der Waals surface area contributed by atoms with Crippen LogP contribution in [0.4, 0.5) is 0 Å². The van der Waals surface area contributed by atoms with Gasteiger partial charge in [0.25, 0.3) is 5.91 Å². The number of hydrogen-bond acceptors (Lipinski definition) is 5. The Labute approximate surface area is 167 Å². The van der Waals surface area contributed by atoms with Gasteiger partial charge in [-0.1, -0.05) is 12.8 Å². The molecule has 0 aliphatic carbocycles. The zero-order valence-electron chi connectivity index (χ0n) is 15.6. The summed E-state index contributed by atoms with van der Waals surface area (Å²) >= 11 is 0. The molecule has 3 rings (SSSR count). The van der Waals surface area contributed by atoms with Crippen LogP contribution in [-0.2, 0) is 10.0 Å². The third-order valence-corrected chi connectivity index (χ3v) is 6.91. The molecule has 0 spiro atoms. The van der Waals surface area contributed by atoms with Crippen molar-refractivity contribution >= 4 is 28.3 Å². The normalized spacial score (nSPS) is 21.1. The molecule has 2 aliphatic rings. The van der Waals surface area contributed by atoms with Gasteiger partial charge >= 0.3 is 0 Å². The highest BCUT2D eigenvalue weighted by atomic mass is 35.5. The molecule has 27 heavy (non-hydrogen) atoms. The van der Waals surface area contributed by atoms with E-state index < -0.39 is 10.0 Å². The van der Waals surface area contributed by atoms with E-state index in [0.717, 1.165) is 45.2 Å². The molecule has 1 amide bonds. The second-order valence-electron chi connectivity index (χ2n) is 6.84. The summed E-state index contributed by atoms with van der Waals surface area (Å²) in [5.41, 5.74) is 0.260. The Morgan fingerprint density at radius 1 is 1.22 bits per heavy atom. The molecule has 1 atom stereocenters. The fraction of sp³-hybridized carbons (Fsp3) is 0.611. The molecule has 2 aliphatic heterocycles. The van der Waals surface area contributed by atoms with Gasteiger partial charge in [0.1, 0.15) is 5.75 Å². The van der Waals surface area contributed by atoms with Crippen molar-refractivity contribution in [2.24, 2.45) is 0 Å². The van der Waals surface area contributed by atoms with E-state index in [1.807, 2.05) is 0 Å². The molecule has 1 aromatic carbocycles. The second kappa shape index (κ2) is 9.73. The van der Waals surface area contributed by atoms with Crippen molar-refractivity contribution in [3.8, 4) is 5.75 Å². The summed E-state index contributed by atoms with van der Waals surface area (Å²) in [6.07, 6.45) is 4.71. The molecule has 152 valence electrons. The van der Waals surface area contributed by atoms with E-state index in [9.17, 15) is 13.2 Å². The number of carbonyl (C=O) groups excluding carboxylic acids is 1. The summed E-state index contributed by atoms with van der Waals surface area (Å²) in [6, 6.07) is 4.58. The van der Waals surface area contributed by atoms with E-state index in [1.165, 1.54) is 23.5 Å². The molecule has 2 saturated heterocycles. The van der Waals surface area contributed by atoms with Crippen LogP contribution in [0.15, 0.2) is 23.1 Å². The Balaban J connectivity index is 0.00000261. The summed E-state index contributed by atoms with van der Waals surface area (Å²) in [7, 11) is -2.13. The van der Waals surface area contributed by atoms with E-state index >= 15 is 0 Å². The Bertz CT molecular complexity index is 743. The quantitative estimate of drug-likeness (QED) is 0.762. The highest BCUT2D eigenvalue weighted by Crippen LogP contribution is 2.26. The first-order valence-electron chi connectivity index (χ1n) is 9.22. The lowest BCUT2D eigenvalue weighted by molar-refractivity contribution is 0.0936. The third kappa shape index (κ3) is 5.13. The predicted molar refractivity (Wildman–Crippen MR) is 106 cm³/mol. The standard InChI is InChI=1S/C18H27N3O4S.ClH/c1-25-17-7-6-15(26(23,24)21-10-4-2-3-5-11-21)12-16(17)18(22)20-14-8-9-19-13-14;/h6-7,12,14,19H,2-5,8-11,13H2,1H3,(H,20,22);1H. The fourth-order valence-corrected chi connectivity index (χ4v) is 5.04. The second-order valence-corrected chi connectivity index (χ2v) is 8.78. The first kappa shape index (κ1) is 21.9. The van der Waals surface area contributed by atoms with Crippen molar-refractivity contribution in [1.82, 2.24) is 14.9 Å². The molecular weight excluding hydrogens is 390 g/mol. The number of methoxy groups -OCH3 is 1. The van der Waals surface area contributed by atoms with Crippen molar-refractivity contribution in [3.05, 3.63) is 23.8 Å². The van der Waals surface area contributed by atoms with Crippen molar-refractivity contribution in [1.29, 1.82) is 0 Å². The van der Waals surface area contributed by atoms with Gasteiger partial charge < -0.3 is 15.4 Å². The molecular formula is C18H28ClN3O4S. The van der Waals surface area contributed by atoms with Gasteiger partial charge in [-0.25, -0.2) is 8.42 Å². The van der Waals surface area contributed by atoms with Crippen LogP contribution < -0.4 is 15.4 Å². The molecule has 0 bridgehead atoms. The van der Waals surface area contributed by atoms with Crippen LogP contribution in [-0.4, -0.2) is 58.0 Å². The minimum atomic E-state index is -3.61. The number of halogens is 1. The average molecular weight is 418 g/mol. The summed E-state index contributed by atoms with van der Waals surface area (Å²) in [5.74, 6) is 0.0757. The molecule has 2 heterocycles. The number of nitrogens with zero attached hydrogens (tertiary/aromatic N) is 1. The SMILES string of the molecule is COc1ccc(S(=O)(=O)N2CCCCCC2)cc1C(=O)NC1CCNC1.Cl. The van der Waals surface area contributed by atoms with Gasteiger partial charge in [-0.05, 0) is 44.0 Å². The number of amides is 1. The van der Waals surface area contributed by atoms with Crippen LogP contribution in [0.25, 0.3) is 0 Å². The van der Waals surface area contributed by atoms with E-state index in [1.54, 1.807) is 6.07 Å². The van der Waals surface area contributed by atoms with Crippen LogP contribution in [0, 0.1) is 0 Å². The third-order valence-electron chi connectivity index (χ3n) is 5.01. The van der Waals surface area contributed by atoms with Gasteiger partial charge in [-0.2, -0.15) is 4.31 Å². The smallest absolute Gasteiger partial charge is 0.255 e. The minimum absolute atomic E-state index is 0. The number of carbonyl (C=O) groups is 1. The Kier molecular flexibility index (Phi) is 7.91. The summed E-state index contributed by atoms with van der Waals surface area (Å²) in [6.45, 7) is 2.65. The molecule has 0 aromatic heterocycles. The predicted octanol–water partition coefficient (Wildman–Crippen LogP) is 1.77. The van der Waals surface area contributed by atoms with E-state index in [2.05, 4.69) is 10.6 Å². The van der Waals surface area contributed by atoms with Crippen molar-refractivity contribution in [3.63, 3.8) is 0 Å². The number of ether oxygens (including phenoxy) is 1. The van der Waals surface area contributed by atoms with Crippen LogP contribution in [0.3, 0.4) is 0 Å². The minimum Gasteiger partial charge on any atom is -0.496 e. The number of sulfonamides is 1. The Hall–Kier alpha value is -1.35. The van der Waals surface area contributed by atoms with Crippen molar-refractivity contribution < 1.29 is 17.9 Å². The number of hydrogen-bond donors (Lipinski definition) is 2. The van der Waals surface area contributed by atoms with Gasteiger partial charge in [0.2, 0.25) is 10.0 Å². The zero-order valence-corrected chi connectivity index (χ0v) is 17.2. The molecule has 2 N–H and O–H groups in total. The monoisotopic (exact) mass is 417 g/mol. The first-order valence-corrected chi connectivity index (χ1v) is 10.7. The van der Waals surface area contributed by atoms with Gasteiger partial charge in [-0.15, -0.1) is 12.4 Å². The summed E-state index contributed by atoms with van der Waals surface area (Å²) in [5, 5.41) is 6.14. The molecule has 1 unspecified atom stereocenters. The maximum atomic E-state index is 13.0. The van der Waals surface area contributed by atoms with Crippen LogP contribution in [0.2, 0.25) is 0 Å². The van der Waals surface area contributed by atoms with Crippen LogP contribution in [0.1, 0.15) is 42.5 Å². The van der Waals surface area contributed by atoms with E-state index in [4.69, 9.17) is 4.74 Å². The van der Waals surface area contributed by atoms with Gasteiger partial charge in [0.15, 0.2) is 0 Å². The maximum absolute atomic E-state index is 13.0. The first-order chi connectivity index (χ1) is 12.5. The van der Waals surface area contributed by atoms with Crippen molar-refractivity contribution in [2.75, 3.05) is 33.3 Å². The summed E-state index contributed by atoms with van der Waals surface area (Å²) < 4.78 is 32.8. The summed E-state index contributed by atoms with van der Waals surface area (Å²) in [4.78, 5) is 12.8. The van der Waals surface area contributed by atoms with Gasteiger partial charge in [0.05, 0.1) is 17.6 Å². The lowest BCUT2D eigenvalue weighted by Crippen LogP contribution is -2.36. The molecule has 0 radical (unpaired) electrons. The average Bonchev–Trinajstić information content (AvgIpc) is 2.99. The largest absolute Gasteiger partial charge is 0.496 e. The highest BCUT2D eigenvalue weighted by Gasteiger charge is 2.27. The Morgan fingerprint density at radius 2 is 1.93 bits per heavy atom. The maximum Gasteiger partial charge on any atom is 0.255 e. The zero-order chi connectivity index (χ0) is 18.6. The van der Waals surface area contributed by atoms with Gasteiger partial charge in [-0.3, -0.25) is 4.79 Å². The lowest BCUT2D eigenvalue weighted by atomic mass is 10.1. The molecule has 2 fully saturated rings. The number of rotatable bonds is 5. The molecule has 9 heteroatoms. The fourth-order valence-electron chi connectivity index (χ4n) is 3.50. The topological polar surface area (TPSA) is 87.7 Å². The number of benzene rings is 1. The Morgan fingerprint density at radius 3 is 2.52 bits per heavy atom. The van der Waals surface area contributed by atoms with E-state index in [-0.39, 0.29) is 34.8 Å². The lowest BCUT2D eigenvalue weighted by Gasteiger charge is -2.21. The highest BCUT2D eigenvalue weighted by molar-refractivity contribution is 7.89. The van der Waals surface area contributed by atoms with Crippen molar-refractivity contribution in [2.45, 2.75) is 43.0 Å². The molecule has 7 nitrogen and oxygen atoms in total.